The highest BCUT2D eigenvalue weighted by molar-refractivity contribution is 7.09. The van der Waals surface area contributed by atoms with Gasteiger partial charge in [0.05, 0.1) is 11.0 Å². The highest BCUT2D eigenvalue weighted by atomic mass is 32.1. The lowest BCUT2D eigenvalue weighted by Crippen LogP contribution is -2.44. The maximum absolute atomic E-state index is 12.5. The quantitative estimate of drug-likeness (QED) is 0.0879. The van der Waals surface area contributed by atoms with Crippen molar-refractivity contribution in [2.45, 2.75) is 110 Å². The first kappa shape index (κ1) is 38.2. The van der Waals surface area contributed by atoms with Gasteiger partial charge in [0.2, 0.25) is 5.88 Å². The van der Waals surface area contributed by atoms with Crippen molar-refractivity contribution in [3.05, 3.63) is 66.6 Å². The fourth-order valence-corrected chi connectivity index (χ4v) is 8.04. The SMILES string of the molecule is Cc1c(C)c2c(c(C)c1OCOCC[Si](C)(C)C)C(O)CC(C)(COc1ccc(Cc3sc(=O)n(COCC[Si](C)(C)C)c3O)cc1)O2. The maximum Gasteiger partial charge on any atom is 0.312 e. The monoisotopic (exact) mass is 717 g/mol. The normalized spacial score (nSPS) is 18.0. The zero-order valence-corrected chi connectivity index (χ0v) is 33.3. The minimum absolute atomic E-state index is 0.0372. The molecule has 0 saturated heterocycles. The number of aromatic nitrogens is 1. The first-order valence-electron chi connectivity index (χ1n) is 16.8. The number of thiazole rings is 1. The summed E-state index contributed by atoms with van der Waals surface area (Å²) in [5.74, 6) is 2.05. The molecular weight excluding hydrogens is 663 g/mol. The number of hydrogen-bond donors (Lipinski definition) is 2. The molecule has 2 unspecified atom stereocenters. The Balaban J connectivity index is 1.36. The number of rotatable bonds is 16. The van der Waals surface area contributed by atoms with Crippen LogP contribution in [-0.4, -0.2) is 63.1 Å². The van der Waals surface area contributed by atoms with Gasteiger partial charge in [0.15, 0.2) is 6.79 Å². The third kappa shape index (κ3) is 9.98. The average Bonchev–Trinajstić information content (AvgIpc) is 3.25. The lowest BCUT2D eigenvalue weighted by molar-refractivity contribution is -0.0316. The van der Waals surface area contributed by atoms with Crippen LogP contribution in [0.15, 0.2) is 29.1 Å². The summed E-state index contributed by atoms with van der Waals surface area (Å²) in [6, 6.07) is 9.67. The van der Waals surface area contributed by atoms with E-state index in [0.717, 1.165) is 57.0 Å². The summed E-state index contributed by atoms with van der Waals surface area (Å²) in [6.45, 7) is 23.4. The Hall–Kier alpha value is -2.62. The van der Waals surface area contributed by atoms with Gasteiger partial charge in [-0.25, -0.2) is 4.57 Å². The summed E-state index contributed by atoms with van der Waals surface area (Å²) < 4.78 is 31.6. The second kappa shape index (κ2) is 15.5. The van der Waals surface area contributed by atoms with E-state index in [1.54, 1.807) is 0 Å². The van der Waals surface area contributed by atoms with E-state index in [4.69, 9.17) is 23.7 Å². The van der Waals surface area contributed by atoms with Crippen molar-refractivity contribution < 1.29 is 33.9 Å². The molecule has 4 rings (SSSR count). The lowest BCUT2D eigenvalue weighted by atomic mass is 9.85. The summed E-state index contributed by atoms with van der Waals surface area (Å²) in [5, 5.41) is 22.1. The molecule has 2 aromatic carbocycles. The summed E-state index contributed by atoms with van der Waals surface area (Å²) in [5.41, 5.74) is 3.71. The molecule has 12 heteroatoms. The van der Waals surface area contributed by atoms with Gasteiger partial charge in [-0.1, -0.05) is 62.8 Å². The van der Waals surface area contributed by atoms with Crippen LogP contribution < -0.4 is 19.1 Å². The van der Waals surface area contributed by atoms with E-state index in [9.17, 15) is 15.0 Å². The van der Waals surface area contributed by atoms with Crippen molar-refractivity contribution in [3.63, 3.8) is 0 Å². The predicted molar refractivity (Wildman–Crippen MR) is 198 cm³/mol. The minimum Gasteiger partial charge on any atom is -0.494 e. The predicted octanol–water partition coefficient (Wildman–Crippen LogP) is 7.79. The minimum atomic E-state index is -1.24. The van der Waals surface area contributed by atoms with Crippen LogP contribution >= 0.6 is 11.3 Å². The van der Waals surface area contributed by atoms with Crippen molar-refractivity contribution >= 4 is 27.5 Å². The summed E-state index contributed by atoms with van der Waals surface area (Å²) >= 11 is 1.04. The highest BCUT2D eigenvalue weighted by Crippen LogP contribution is 2.48. The molecule has 0 amide bonds. The molecule has 0 radical (unpaired) electrons. The topological polar surface area (TPSA) is 109 Å². The van der Waals surface area contributed by atoms with Gasteiger partial charge in [0.1, 0.15) is 36.2 Å². The van der Waals surface area contributed by atoms with Crippen LogP contribution in [0.5, 0.6) is 23.1 Å². The molecule has 1 aromatic heterocycles. The molecular formula is C36H55NO8SSi2. The van der Waals surface area contributed by atoms with E-state index in [-0.39, 0.29) is 30.9 Å². The zero-order chi connectivity index (χ0) is 35.4. The number of aliphatic hydroxyl groups is 1. The molecule has 0 fully saturated rings. The van der Waals surface area contributed by atoms with E-state index in [2.05, 4.69) is 39.3 Å². The van der Waals surface area contributed by atoms with Crippen molar-refractivity contribution in [1.82, 2.24) is 4.57 Å². The molecule has 0 saturated carbocycles. The van der Waals surface area contributed by atoms with Crippen molar-refractivity contribution in [2.75, 3.05) is 26.6 Å². The molecule has 266 valence electrons. The van der Waals surface area contributed by atoms with E-state index >= 15 is 0 Å². The molecule has 48 heavy (non-hydrogen) atoms. The Labute approximate surface area is 291 Å². The fourth-order valence-electron chi connectivity index (χ4n) is 5.62. The van der Waals surface area contributed by atoms with Crippen LogP contribution in [-0.2, 0) is 22.6 Å². The molecule has 0 spiro atoms. The van der Waals surface area contributed by atoms with Gasteiger partial charge in [0, 0.05) is 53.3 Å². The molecule has 1 aliphatic heterocycles. The molecule has 3 aromatic rings. The third-order valence-electron chi connectivity index (χ3n) is 8.81. The Bertz CT molecular complexity index is 1610. The van der Waals surface area contributed by atoms with Gasteiger partial charge < -0.3 is 33.9 Å². The summed E-state index contributed by atoms with van der Waals surface area (Å²) in [4.78, 5) is 12.9. The molecule has 2 atom stereocenters. The molecule has 0 bridgehead atoms. The second-order valence-electron chi connectivity index (χ2n) is 15.7. The van der Waals surface area contributed by atoms with Crippen LogP contribution in [0.4, 0.5) is 0 Å². The number of benzene rings is 2. The van der Waals surface area contributed by atoms with Crippen LogP contribution in [0, 0.1) is 20.8 Å². The van der Waals surface area contributed by atoms with Gasteiger partial charge in [-0.2, -0.15) is 0 Å². The molecule has 2 N–H and O–H groups in total. The Kier molecular flexibility index (Phi) is 12.3. The maximum atomic E-state index is 12.5. The van der Waals surface area contributed by atoms with Crippen LogP contribution in [0.3, 0.4) is 0 Å². The smallest absolute Gasteiger partial charge is 0.312 e. The van der Waals surface area contributed by atoms with Gasteiger partial charge in [-0.05, 0) is 68.6 Å². The van der Waals surface area contributed by atoms with Gasteiger partial charge in [0.25, 0.3) is 0 Å². The first-order valence-corrected chi connectivity index (χ1v) is 25.0. The van der Waals surface area contributed by atoms with Crippen LogP contribution in [0.2, 0.25) is 51.4 Å². The lowest BCUT2D eigenvalue weighted by Gasteiger charge is -2.40. The largest absolute Gasteiger partial charge is 0.494 e. The molecule has 0 aliphatic carbocycles. The van der Waals surface area contributed by atoms with Gasteiger partial charge in [-0.15, -0.1) is 0 Å². The van der Waals surface area contributed by atoms with Gasteiger partial charge in [-0.3, -0.25) is 4.79 Å². The molecule has 2 heterocycles. The summed E-state index contributed by atoms with van der Waals surface area (Å²) in [6.07, 6.45) is 0.0495. The van der Waals surface area contributed by atoms with Crippen molar-refractivity contribution in [3.8, 4) is 23.1 Å². The summed E-state index contributed by atoms with van der Waals surface area (Å²) in [7, 11) is -2.42. The number of fused-ring (bicyclic) bond motifs is 1. The number of hydrogen-bond acceptors (Lipinski definition) is 9. The van der Waals surface area contributed by atoms with E-state index in [1.807, 2.05) is 52.0 Å². The standard InChI is InChI=1S/C36H55NO8SSi2/c1-24-25(2)33-31(26(3)32(24)44-23-42-16-18-48(8,9)10)29(38)20-36(4,45-33)21-43-28-13-11-27(12-14-28)19-30-34(39)37(35(40)46-30)22-41-15-17-47(5,6)7/h11-14,29,38-39H,15-23H2,1-10H3. The molecule has 9 nitrogen and oxygen atoms in total. The Morgan fingerprint density at radius 1 is 0.938 bits per heavy atom. The Morgan fingerprint density at radius 3 is 2.19 bits per heavy atom. The zero-order valence-electron chi connectivity index (χ0n) is 30.5. The number of ether oxygens (including phenoxy) is 5. The number of aromatic hydroxyl groups is 1. The highest BCUT2D eigenvalue weighted by Gasteiger charge is 2.40. The van der Waals surface area contributed by atoms with E-state index in [1.165, 1.54) is 4.57 Å². The van der Waals surface area contributed by atoms with E-state index in [0.29, 0.717) is 42.4 Å². The average molecular weight is 718 g/mol. The van der Waals surface area contributed by atoms with Crippen LogP contribution in [0.1, 0.15) is 52.1 Å². The number of nitrogens with zero attached hydrogens (tertiary/aromatic N) is 1. The Morgan fingerprint density at radius 2 is 1.56 bits per heavy atom. The van der Waals surface area contributed by atoms with Gasteiger partial charge >= 0.3 is 4.87 Å². The first-order chi connectivity index (χ1) is 22.4. The fraction of sp³-hybridized carbons (Fsp3) is 0.583. The third-order valence-corrected chi connectivity index (χ3v) is 13.2. The molecule has 1 aliphatic rings. The van der Waals surface area contributed by atoms with Crippen molar-refractivity contribution in [1.29, 1.82) is 0 Å². The van der Waals surface area contributed by atoms with Crippen LogP contribution in [0.25, 0.3) is 0 Å². The van der Waals surface area contributed by atoms with E-state index < -0.39 is 27.9 Å². The van der Waals surface area contributed by atoms with Crippen molar-refractivity contribution in [2.24, 2.45) is 0 Å². The number of aliphatic hydroxyl groups excluding tert-OH is 1. The second-order valence-corrected chi connectivity index (χ2v) is 28.0.